The van der Waals surface area contributed by atoms with E-state index < -0.39 is 12.8 Å². The predicted octanol–water partition coefficient (Wildman–Crippen LogP) is 3.88. The van der Waals surface area contributed by atoms with Crippen LogP contribution in [0.2, 0.25) is 0 Å². The van der Waals surface area contributed by atoms with Gasteiger partial charge in [0.2, 0.25) is 0 Å². The number of aromatic nitrogens is 1. The van der Waals surface area contributed by atoms with Gasteiger partial charge in [-0.2, -0.15) is 13.2 Å². The van der Waals surface area contributed by atoms with Gasteiger partial charge in [0.15, 0.2) is 12.6 Å². The van der Waals surface area contributed by atoms with Gasteiger partial charge in [-0.05, 0) is 30.7 Å². The number of pyridine rings is 1. The van der Waals surface area contributed by atoms with Gasteiger partial charge in [-0.1, -0.05) is 18.2 Å². The summed E-state index contributed by atoms with van der Waals surface area (Å²) in [6.45, 7) is 1.18. The first-order valence-electron chi connectivity index (χ1n) is 9.05. The van der Waals surface area contributed by atoms with Crippen molar-refractivity contribution in [2.75, 3.05) is 32.6 Å². The lowest BCUT2D eigenvalue weighted by Crippen LogP contribution is -2.36. The SMILES string of the molecule is CN=C(NCc1cccc(N(C)C)n1)NCc1ccc(C)cc1OCC(F)(F)F.I. The van der Waals surface area contributed by atoms with Gasteiger partial charge >= 0.3 is 6.18 Å². The maximum Gasteiger partial charge on any atom is 0.422 e. The fraction of sp³-hybridized carbons (Fsp3) is 0.400. The summed E-state index contributed by atoms with van der Waals surface area (Å²) in [5, 5.41) is 6.24. The highest BCUT2D eigenvalue weighted by Crippen LogP contribution is 2.23. The number of aliphatic imine (C=N–C) groups is 1. The Bertz CT molecular complexity index is 843. The van der Waals surface area contributed by atoms with Gasteiger partial charge in [0.25, 0.3) is 0 Å². The zero-order valence-electron chi connectivity index (χ0n) is 17.4. The number of nitrogens with one attached hydrogen (secondary N) is 2. The average Bonchev–Trinajstić information content (AvgIpc) is 2.67. The summed E-state index contributed by atoms with van der Waals surface area (Å²) < 4.78 is 42.5. The van der Waals surface area contributed by atoms with Crippen molar-refractivity contribution in [3.63, 3.8) is 0 Å². The van der Waals surface area contributed by atoms with Gasteiger partial charge in [0, 0.05) is 33.3 Å². The number of aryl methyl sites for hydroxylation is 1. The first-order valence-corrected chi connectivity index (χ1v) is 9.05. The lowest BCUT2D eigenvalue weighted by molar-refractivity contribution is -0.153. The summed E-state index contributed by atoms with van der Waals surface area (Å²) in [7, 11) is 5.45. The molecule has 0 aliphatic heterocycles. The number of nitrogens with zero attached hydrogens (tertiary/aromatic N) is 3. The van der Waals surface area contributed by atoms with E-state index in [1.54, 1.807) is 26.1 Å². The molecule has 1 aromatic heterocycles. The van der Waals surface area contributed by atoms with Crippen molar-refractivity contribution in [3.05, 3.63) is 53.2 Å². The van der Waals surface area contributed by atoms with Crippen molar-refractivity contribution >= 4 is 35.8 Å². The minimum atomic E-state index is -4.39. The van der Waals surface area contributed by atoms with Crippen LogP contribution in [-0.4, -0.2) is 44.9 Å². The Labute approximate surface area is 192 Å². The predicted molar refractivity (Wildman–Crippen MR) is 124 cm³/mol. The van der Waals surface area contributed by atoms with E-state index in [9.17, 15) is 13.2 Å². The van der Waals surface area contributed by atoms with E-state index in [1.807, 2.05) is 43.3 Å². The van der Waals surface area contributed by atoms with E-state index in [0.717, 1.165) is 17.1 Å². The smallest absolute Gasteiger partial charge is 0.422 e. The van der Waals surface area contributed by atoms with E-state index in [4.69, 9.17) is 4.74 Å². The normalized spacial score (nSPS) is 11.5. The van der Waals surface area contributed by atoms with Crippen molar-refractivity contribution in [1.82, 2.24) is 15.6 Å². The minimum Gasteiger partial charge on any atom is -0.484 e. The molecule has 2 rings (SSSR count). The summed E-state index contributed by atoms with van der Waals surface area (Å²) in [6, 6.07) is 10.9. The van der Waals surface area contributed by atoms with Crippen LogP contribution in [0.4, 0.5) is 19.0 Å². The van der Waals surface area contributed by atoms with E-state index >= 15 is 0 Å². The van der Waals surface area contributed by atoms with Crippen LogP contribution in [0.25, 0.3) is 0 Å². The van der Waals surface area contributed by atoms with E-state index in [0.29, 0.717) is 18.1 Å². The highest BCUT2D eigenvalue weighted by Gasteiger charge is 2.28. The molecule has 30 heavy (non-hydrogen) atoms. The van der Waals surface area contributed by atoms with Crippen LogP contribution in [-0.2, 0) is 13.1 Å². The summed E-state index contributed by atoms with van der Waals surface area (Å²) in [5.74, 6) is 1.55. The number of guanidine groups is 1. The standard InChI is InChI=1S/C20H26F3N5O.HI/c1-14-8-9-15(17(10-14)29-13-20(21,22)23)11-25-19(24-2)26-12-16-6-5-7-18(27-16)28(3)4;/h5-10H,11-13H2,1-4H3,(H2,24,25,26);1H. The molecule has 0 saturated carbocycles. The second-order valence-corrected chi connectivity index (χ2v) is 6.68. The lowest BCUT2D eigenvalue weighted by atomic mass is 10.1. The molecule has 0 unspecified atom stereocenters. The summed E-state index contributed by atoms with van der Waals surface area (Å²) >= 11 is 0. The minimum absolute atomic E-state index is 0. The van der Waals surface area contributed by atoms with Crippen molar-refractivity contribution < 1.29 is 17.9 Å². The van der Waals surface area contributed by atoms with E-state index in [2.05, 4.69) is 20.6 Å². The molecule has 0 saturated heterocycles. The molecule has 0 radical (unpaired) electrons. The molecule has 166 valence electrons. The summed E-state index contributed by atoms with van der Waals surface area (Å²) in [6.07, 6.45) is -4.39. The van der Waals surface area contributed by atoms with E-state index in [1.165, 1.54) is 0 Å². The molecular weight excluding hydrogens is 510 g/mol. The number of alkyl halides is 3. The maximum atomic E-state index is 12.5. The number of halogens is 4. The number of rotatable bonds is 7. The fourth-order valence-electron chi connectivity index (χ4n) is 2.49. The average molecular weight is 537 g/mol. The Morgan fingerprint density at radius 1 is 1.13 bits per heavy atom. The molecule has 2 N–H and O–H groups in total. The Hall–Kier alpha value is -2.24. The first-order chi connectivity index (χ1) is 13.7. The van der Waals surface area contributed by atoms with Crippen LogP contribution in [0.15, 0.2) is 41.4 Å². The highest BCUT2D eigenvalue weighted by atomic mass is 127. The molecule has 1 aromatic carbocycles. The lowest BCUT2D eigenvalue weighted by Gasteiger charge is -2.16. The molecule has 10 heteroatoms. The van der Waals surface area contributed by atoms with Crippen molar-refractivity contribution in [2.45, 2.75) is 26.2 Å². The molecule has 2 aromatic rings. The second kappa shape index (κ2) is 11.8. The van der Waals surface area contributed by atoms with Gasteiger partial charge in [-0.3, -0.25) is 4.99 Å². The Kier molecular flexibility index (Phi) is 10.2. The largest absolute Gasteiger partial charge is 0.484 e. The molecule has 1 heterocycles. The zero-order valence-corrected chi connectivity index (χ0v) is 19.7. The van der Waals surface area contributed by atoms with Crippen LogP contribution in [0.5, 0.6) is 5.75 Å². The second-order valence-electron chi connectivity index (χ2n) is 6.68. The molecule has 0 fully saturated rings. The Morgan fingerprint density at radius 3 is 2.47 bits per heavy atom. The Morgan fingerprint density at radius 2 is 1.83 bits per heavy atom. The summed E-state index contributed by atoms with van der Waals surface area (Å²) in [5.41, 5.74) is 2.26. The van der Waals surface area contributed by atoms with Gasteiger partial charge in [-0.15, -0.1) is 24.0 Å². The van der Waals surface area contributed by atoms with Gasteiger partial charge in [-0.25, -0.2) is 4.98 Å². The van der Waals surface area contributed by atoms with Crippen LogP contribution in [0, 0.1) is 6.92 Å². The van der Waals surface area contributed by atoms with Crippen molar-refractivity contribution in [2.24, 2.45) is 4.99 Å². The quantitative estimate of drug-likeness (QED) is 0.319. The van der Waals surface area contributed by atoms with Gasteiger partial charge < -0.3 is 20.3 Å². The third-order valence-electron chi connectivity index (χ3n) is 3.97. The number of ether oxygens (including phenoxy) is 1. The van der Waals surface area contributed by atoms with Gasteiger partial charge in [0.05, 0.1) is 12.2 Å². The topological polar surface area (TPSA) is 61.8 Å². The fourth-order valence-corrected chi connectivity index (χ4v) is 2.49. The third-order valence-corrected chi connectivity index (χ3v) is 3.97. The van der Waals surface area contributed by atoms with Crippen molar-refractivity contribution in [3.8, 4) is 5.75 Å². The van der Waals surface area contributed by atoms with E-state index in [-0.39, 0.29) is 36.3 Å². The van der Waals surface area contributed by atoms with Crippen LogP contribution >= 0.6 is 24.0 Å². The Balaban J connectivity index is 0.00000450. The van der Waals surface area contributed by atoms with Crippen molar-refractivity contribution in [1.29, 1.82) is 0 Å². The van der Waals surface area contributed by atoms with Crippen LogP contribution in [0.1, 0.15) is 16.8 Å². The first kappa shape index (κ1) is 25.8. The molecule has 6 nitrogen and oxygen atoms in total. The molecule has 0 bridgehead atoms. The van der Waals surface area contributed by atoms with Crippen LogP contribution < -0.4 is 20.3 Å². The number of hydrogen-bond acceptors (Lipinski definition) is 4. The third kappa shape index (κ3) is 8.64. The molecule has 0 aliphatic carbocycles. The molecule has 0 amide bonds. The molecule has 0 aliphatic rings. The highest BCUT2D eigenvalue weighted by molar-refractivity contribution is 14.0. The number of benzene rings is 1. The maximum absolute atomic E-state index is 12.5. The molecule has 0 spiro atoms. The molecular formula is C20H27F3IN5O. The van der Waals surface area contributed by atoms with Gasteiger partial charge in [0.1, 0.15) is 11.6 Å². The summed E-state index contributed by atoms with van der Waals surface area (Å²) in [4.78, 5) is 10.6. The monoisotopic (exact) mass is 537 g/mol. The molecule has 0 atom stereocenters. The van der Waals surface area contributed by atoms with Crippen LogP contribution in [0.3, 0.4) is 0 Å². The zero-order chi connectivity index (χ0) is 21.4. The number of anilines is 1. The number of hydrogen-bond donors (Lipinski definition) is 2.